The number of hydrogen-bond donors (Lipinski definition) is 1. The molecule has 3 unspecified atom stereocenters. The van der Waals surface area contributed by atoms with E-state index in [1.165, 1.54) is 20.0 Å². The molecular formula is C12H21NO2. The highest BCUT2D eigenvalue weighted by atomic mass is 16.5. The molecule has 1 saturated carbocycles. The van der Waals surface area contributed by atoms with Crippen molar-refractivity contribution in [2.24, 2.45) is 17.8 Å². The van der Waals surface area contributed by atoms with Gasteiger partial charge in [0.25, 0.3) is 0 Å². The van der Waals surface area contributed by atoms with Crippen molar-refractivity contribution in [1.29, 1.82) is 0 Å². The maximum Gasteiger partial charge on any atom is 0.310 e. The number of rotatable bonds is 3. The molecule has 3 nitrogen and oxygen atoms in total. The van der Waals surface area contributed by atoms with Crippen LogP contribution in [0.15, 0.2) is 0 Å². The molecule has 15 heavy (non-hydrogen) atoms. The number of carbonyl (C=O) groups excluding carboxylic acids is 1. The molecule has 0 spiro atoms. The van der Waals surface area contributed by atoms with Crippen LogP contribution in [0.1, 0.15) is 32.6 Å². The van der Waals surface area contributed by atoms with Gasteiger partial charge < -0.3 is 10.1 Å². The maximum absolute atomic E-state index is 11.7. The number of ether oxygens (including phenoxy) is 1. The Morgan fingerprint density at radius 2 is 2.13 bits per heavy atom. The predicted octanol–water partition coefficient (Wildman–Crippen LogP) is 1.57. The molecule has 1 N–H and O–H groups in total. The van der Waals surface area contributed by atoms with Crippen LogP contribution in [0.3, 0.4) is 0 Å². The standard InChI is InChI=1S/C12H21NO2/c1-3-11-10(12(14)15-2)6-9(7-13-11)8-4-5-8/h8-11,13H,3-7H2,1-2H3. The zero-order valence-corrected chi connectivity index (χ0v) is 9.66. The number of carbonyl (C=O) groups is 1. The smallest absolute Gasteiger partial charge is 0.310 e. The van der Waals surface area contributed by atoms with Crippen LogP contribution in [0.4, 0.5) is 0 Å². The van der Waals surface area contributed by atoms with Crippen LogP contribution < -0.4 is 5.32 Å². The average Bonchev–Trinajstić information content (AvgIpc) is 3.11. The molecule has 3 atom stereocenters. The second-order valence-electron chi connectivity index (χ2n) is 4.89. The lowest BCUT2D eigenvalue weighted by atomic mass is 9.81. The summed E-state index contributed by atoms with van der Waals surface area (Å²) in [6.07, 6.45) is 4.76. The first kappa shape index (κ1) is 10.9. The van der Waals surface area contributed by atoms with Crippen LogP contribution in [-0.4, -0.2) is 25.7 Å². The first-order valence-corrected chi connectivity index (χ1v) is 6.07. The van der Waals surface area contributed by atoms with E-state index < -0.39 is 0 Å². The van der Waals surface area contributed by atoms with Gasteiger partial charge in [-0.25, -0.2) is 0 Å². The number of methoxy groups -OCH3 is 1. The van der Waals surface area contributed by atoms with Crippen LogP contribution in [0, 0.1) is 17.8 Å². The highest BCUT2D eigenvalue weighted by Crippen LogP contribution is 2.42. The van der Waals surface area contributed by atoms with Crippen molar-refractivity contribution in [1.82, 2.24) is 5.32 Å². The van der Waals surface area contributed by atoms with Crippen molar-refractivity contribution < 1.29 is 9.53 Å². The van der Waals surface area contributed by atoms with Gasteiger partial charge >= 0.3 is 5.97 Å². The van der Waals surface area contributed by atoms with E-state index in [0.29, 0.717) is 12.0 Å². The minimum atomic E-state index is -0.0281. The molecule has 0 amide bonds. The summed E-state index contributed by atoms with van der Waals surface area (Å²) in [5, 5.41) is 3.50. The summed E-state index contributed by atoms with van der Waals surface area (Å²) < 4.78 is 4.89. The van der Waals surface area contributed by atoms with Crippen molar-refractivity contribution in [3.8, 4) is 0 Å². The summed E-state index contributed by atoms with van der Waals surface area (Å²) in [6, 6.07) is 0.326. The van der Waals surface area contributed by atoms with Crippen molar-refractivity contribution in [3.05, 3.63) is 0 Å². The van der Waals surface area contributed by atoms with Crippen molar-refractivity contribution >= 4 is 5.97 Å². The summed E-state index contributed by atoms with van der Waals surface area (Å²) in [5.74, 6) is 1.64. The Morgan fingerprint density at radius 3 is 2.67 bits per heavy atom. The third kappa shape index (κ3) is 2.33. The summed E-state index contributed by atoms with van der Waals surface area (Å²) in [7, 11) is 1.50. The lowest BCUT2D eigenvalue weighted by Gasteiger charge is -2.35. The van der Waals surface area contributed by atoms with Crippen LogP contribution >= 0.6 is 0 Å². The quantitative estimate of drug-likeness (QED) is 0.720. The monoisotopic (exact) mass is 211 g/mol. The van der Waals surface area contributed by atoms with E-state index >= 15 is 0 Å². The molecular weight excluding hydrogens is 190 g/mol. The summed E-state index contributed by atoms with van der Waals surface area (Å²) in [5.41, 5.74) is 0. The molecule has 1 saturated heterocycles. The SMILES string of the molecule is CCC1NCC(C2CC2)CC1C(=O)OC. The fourth-order valence-electron chi connectivity index (χ4n) is 2.79. The molecule has 2 aliphatic rings. The Morgan fingerprint density at radius 1 is 1.40 bits per heavy atom. The average molecular weight is 211 g/mol. The molecule has 2 rings (SSSR count). The van der Waals surface area contributed by atoms with Crippen molar-refractivity contribution in [2.45, 2.75) is 38.6 Å². The molecule has 1 aliphatic heterocycles. The van der Waals surface area contributed by atoms with Crippen LogP contribution in [-0.2, 0) is 9.53 Å². The summed E-state index contributed by atoms with van der Waals surface area (Å²) in [4.78, 5) is 11.7. The van der Waals surface area contributed by atoms with Crippen LogP contribution in [0.25, 0.3) is 0 Å². The third-order valence-corrected chi connectivity index (χ3v) is 3.92. The third-order valence-electron chi connectivity index (χ3n) is 3.92. The van der Waals surface area contributed by atoms with E-state index in [1.807, 2.05) is 0 Å². The maximum atomic E-state index is 11.7. The molecule has 0 aromatic carbocycles. The lowest BCUT2D eigenvalue weighted by Crippen LogP contribution is -2.48. The Balaban J connectivity index is 1.97. The molecule has 0 bridgehead atoms. The van der Waals surface area contributed by atoms with Crippen molar-refractivity contribution in [3.63, 3.8) is 0 Å². The zero-order chi connectivity index (χ0) is 10.8. The second-order valence-corrected chi connectivity index (χ2v) is 4.89. The van der Waals surface area contributed by atoms with E-state index in [9.17, 15) is 4.79 Å². The van der Waals surface area contributed by atoms with Gasteiger partial charge in [0, 0.05) is 6.04 Å². The summed E-state index contributed by atoms with van der Waals surface area (Å²) >= 11 is 0. The zero-order valence-electron chi connectivity index (χ0n) is 9.66. The Labute approximate surface area is 91.6 Å². The molecule has 0 aromatic heterocycles. The highest BCUT2D eigenvalue weighted by molar-refractivity contribution is 5.73. The van der Waals surface area contributed by atoms with Gasteiger partial charge in [-0.05, 0) is 44.1 Å². The van der Waals surface area contributed by atoms with Gasteiger partial charge in [-0.15, -0.1) is 0 Å². The number of hydrogen-bond acceptors (Lipinski definition) is 3. The number of piperidine rings is 1. The largest absolute Gasteiger partial charge is 0.469 e. The minimum absolute atomic E-state index is 0.0281. The van der Waals surface area contributed by atoms with E-state index in [1.54, 1.807) is 0 Å². The molecule has 1 heterocycles. The van der Waals surface area contributed by atoms with E-state index in [4.69, 9.17) is 4.74 Å². The van der Waals surface area contributed by atoms with Crippen LogP contribution in [0.5, 0.6) is 0 Å². The Bertz CT molecular complexity index is 238. The molecule has 1 aliphatic carbocycles. The summed E-state index contributed by atoms with van der Waals surface area (Å²) in [6.45, 7) is 3.22. The molecule has 86 valence electrons. The fourth-order valence-corrected chi connectivity index (χ4v) is 2.79. The van der Waals surface area contributed by atoms with Crippen molar-refractivity contribution in [2.75, 3.05) is 13.7 Å². The van der Waals surface area contributed by atoms with E-state index in [2.05, 4.69) is 12.2 Å². The topological polar surface area (TPSA) is 38.3 Å². The first-order valence-electron chi connectivity index (χ1n) is 6.07. The Hall–Kier alpha value is -0.570. The van der Waals surface area contributed by atoms with Gasteiger partial charge in [0.2, 0.25) is 0 Å². The predicted molar refractivity (Wildman–Crippen MR) is 58.4 cm³/mol. The van der Waals surface area contributed by atoms with Gasteiger partial charge in [-0.3, -0.25) is 4.79 Å². The molecule has 0 aromatic rings. The second kappa shape index (κ2) is 4.52. The molecule has 0 radical (unpaired) electrons. The van der Waals surface area contributed by atoms with Gasteiger partial charge in [0.15, 0.2) is 0 Å². The normalized spacial score (nSPS) is 36.3. The Kier molecular flexibility index (Phi) is 3.29. The number of esters is 1. The van der Waals surface area contributed by atoms with Gasteiger partial charge in [0.1, 0.15) is 0 Å². The van der Waals surface area contributed by atoms with Gasteiger partial charge in [0.05, 0.1) is 13.0 Å². The molecule has 2 fully saturated rings. The van der Waals surface area contributed by atoms with E-state index in [0.717, 1.165) is 25.3 Å². The van der Waals surface area contributed by atoms with Gasteiger partial charge in [-0.2, -0.15) is 0 Å². The first-order chi connectivity index (χ1) is 7.26. The minimum Gasteiger partial charge on any atom is -0.469 e. The van der Waals surface area contributed by atoms with Crippen LogP contribution in [0.2, 0.25) is 0 Å². The number of nitrogens with one attached hydrogen (secondary N) is 1. The lowest BCUT2D eigenvalue weighted by molar-refractivity contribution is -0.148. The van der Waals surface area contributed by atoms with E-state index in [-0.39, 0.29) is 11.9 Å². The molecule has 3 heteroatoms. The fraction of sp³-hybridized carbons (Fsp3) is 0.917. The highest BCUT2D eigenvalue weighted by Gasteiger charge is 2.40. The van der Waals surface area contributed by atoms with Gasteiger partial charge in [-0.1, -0.05) is 6.92 Å².